The van der Waals surface area contributed by atoms with Crippen LogP contribution in [0.15, 0.2) is 71.6 Å². The lowest BCUT2D eigenvalue weighted by atomic mass is 9.96. The van der Waals surface area contributed by atoms with E-state index in [1.54, 1.807) is 12.1 Å². The van der Waals surface area contributed by atoms with Crippen LogP contribution in [0.5, 0.6) is 0 Å². The fourth-order valence-electron chi connectivity index (χ4n) is 4.92. The van der Waals surface area contributed by atoms with Crippen LogP contribution in [0.25, 0.3) is 10.8 Å². The lowest BCUT2D eigenvalue weighted by Crippen LogP contribution is -2.46. The maximum atomic E-state index is 13.3. The Morgan fingerprint density at radius 3 is 2.35 bits per heavy atom. The van der Waals surface area contributed by atoms with Crippen molar-refractivity contribution in [1.82, 2.24) is 4.31 Å². The highest BCUT2D eigenvalue weighted by atomic mass is 32.2. The predicted molar refractivity (Wildman–Crippen MR) is 123 cm³/mol. The zero-order valence-electron chi connectivity index (χ0n) is 17.6. The van der Waals surface area contributed by atoms with Gasteiger partial charge in [0.2, 0.25) is 15.9 Å². The summed E-state index contributed by atoms with van der Waals surface area (Å²) in [5.41, 5.74) is 2.21. The summed E-state index contributed by atoms with van der Waals surface area (Å²) >= 11 is 0. The van der Waals surface area contributed by atoms with Crippen LogP contribution in [-0.2, 0) is 21.2 Å². The van der Waals surface area contributed by atoms with E-state index in [1.807, 2.05) is 53.4 Å². The van der Waals surface area contributed by atoms with Gasteiger partial charge in [0, 0.05) is 30.7 Å². The number of piperidine rings is 1. The number of fused-ring (bicyclic) bond motifs is 2. The molecule has 3 aromatic carbocycles. The largest absolute Gasteiger partial charge is 0.309 e. The second-order valence-corrected chi connectivity index (χ2v) is 10.5. The molecule has 1 saturated heterocycles. The van der Waals surface area contributed by atoms with Crippen molar-refractivity contribution in [3.8, 4) is 0 Å². The quantitative estimate of drug-likeness (QED) is 0.620. The molecule has 1 fully saturated rings. The molecule has 1 atom stereocenters. The van der Waals surface area contributed by atoms with Crippen LogP contribution < -0.4 is 4.90 Å². The van der Waals surface area contributed by atoms with Gasteiger partial charge in [-0.2, -0.15) is 4.31 Å². The first-order valence-corrected chi connectivity index (χ1v) is 12.3. The van der Waals surface area contributed by atoms with Gasteiger partial charge in [-0.05, 0) is 60.7 Å². The fourth-order valence-corrected chi connectivity index (χ4v) is 6.42. The lowest BCUT2D eigenvalue weighted by molar-refractivity contribution is -0.123. The first kappa shape index (κ1) is 20.2. The Labute approximate surface area is 183 Å². The van der Waals surface area contributed by atoms with Crippen LogP contribution in [0.2, 0.25) is 0 Å². The van der Waals surface area contributed by atoms with Crippen LogP contribution in [-0.4, -0.2) is 37.8 Å². The molecule has 5 rings (SSSR count). The third kappa shape index (κ3) is 3.54. The van der Waals surface area contributed by atoms with E-state index in [9.17, 15) is 13.2 Å². The molecule has 3 aromatic rings. The SMILES string of the molecule is C[C@@H]1Cc2ccccc2N1C(=O)C1CCN(S(=O)(=O)c2ccc3ccccc3c2)CC1. The highest BCUT2D eigenvalue weighted by Gasteiger charge is 2.38. The van der Waals surface area contributed by atoms with Gasteiger partial charge >= 0.3 is 0 Å². The summed E-state index contributed by atoms with van der Waals surface area (Å²) in [5.74, 6) is -0.0168. The zero-order chi connectivity index (χ0) is 21.6. The van der Waals surface area contributed by atoms with Gasteiger partial charge in [0.15, 0.2) is 0 Å². The molecule has 0 N–H and O–H groups in total. The van der Waals surface area contributed by atoms with E-state index in [2.05, 4.69) is 13.0 Å². The summed E-state index contributed by atoms with van der Waals surface area (Å²) < 4.78 is 27.9. The summed E-state index contributed by atoms with van der Waals surface area (Å²) in [6.07, 6.45) is 1.98. The van der Waals surface area contributed by atoms with Crippen molar-refractivity contribution >= 4 is 32.4 Å². The molecular weight excluding hydrogens is 408 g/mol. The maximum absolute atomic E-state index is 13.3. The monoisotopic (exact) mass is 434 g/mol. The van der Waals surface area contributed by atoms with Crippen LogP contribution >= 0.6 is 0 Å². The van der Waals surface area contributed by atoms with Gasteiger partial charge in [0.1, 0.15) is 0 Å². The zero-order valence-corrected chi connectivity index (χ0v) is 18.4. The summed E-state index contributed by atoms with van der Waals surface area (Å²) in [6, 6.07) is 21.2. The van der Waals surface area contributed by atoms with E-state index < -0.39 is 10.0 Å². The Morgan fingerprint density at radius 2 is 1.58 bits per heavy atom. The molecule has 31 heavy (non-hydrogen) atoms. The average molecular weight is 435 g/mol. The van der Waals surface area contributed by atoms with Crippen molar-refractivity contribution in [2.24, 2.45) is 5.92 Å². The molecule has 0 unspecified atom stereocenters. The molecule has 2 aliphatic rings. The van der Waals surface area contributed by atoms with E-state index in [0.29, 0.717) is 30.8 Å². The highest BCUT2D eigenvalue weighted by molar-refractivity contribution is 7.89. The second-order valence-electron chi connectivity index (χ2n) is 8.58. The summed E-state index contributed by atoms with van der Waals surface area (Å²) in [5, 5.41) is 1.93. The fraction of sp³-hybridized carbons (Fsp3) is 0.320. The summed E-state index contributed by atoms with van der Waals surface area (Å²) in [6.45, 7) is 2.82. The average Bonchev–Trinajstić information content (AvgIpc) is 3.14. The van der Waals surface area contributed by atoms with E-state index >= 15 is 0 Å². The van der Waals surface area contributed by atoms with Crippen LogP contribution in [0.4, 0.5) is 5.69 Å². The second kappa shape index (κ2) is 7.77. The highest BCUT2D eigenvalue weighted by Crippen LogP contribution is 2.35. The van der Waals surface area contributed by atoms with Crippen molar-refractivity contribution in [3.05, 3.63) is 72.3 Å². The Kier molecular flexibility index (Phi) is 5.07. The number of para-hydroxylation sites is 1. The molecule has 2 heterocycles. The van der Waals surface area contributed by atoms with Crippen molar-refractivity contribution in [2.45, 2.75) is 37.1 Å². The third-order valence-electron chi connectivity index (χ3n) is 6.61. The smallest absolute Gasteiger partial charge is 0.243 e. The molecule has 2 aliphatic heterocycles. The minimum atomic E-state index is -3.57. The van der Waals surface area contributed by atoms with Gasteiger partial charge in [-0.15, -0.1) is 0 Å². The molecule has 0 bridgehead atoms. The van der Waals surface area contributed by atoms with E-state index in [0.717, 1.165) is 22.9 Å². The number of carbonyl (C=O) groups is 1. The van der Waals surface area contributed by atoms with E-state index in [4.69, 9.17) is 0 Å². The minimum Gasteiger partial charge on any atom is -0.309 e. The lowest BCUT2D eigenvalue weighted by Gasteiger charge is -2.34. The van der Waals surface area contributed by atoms with Gasteiger partial charge in [-0.25, -0.2) is 8.42 Å². The molecule has 0 radical (unpaired) electrons. The first-order chi connectivity index (χ1) is 14.9. The van der Waals surface area contributed by atoms with Gasteiger partial charge in [-0.3, -0.25) is 4.79 Å². The van der Waals surface area contributed by atoms with Crippen molar-refractivity contribution in [1.29, 1.82) is 0 Å². The van der Waals surface area contributed by atoms with Gasteiger partial charge < -0.3 is 4.90 Å². The number of carbonyl (C=O) groups excluding carboxylic acids is 1. The van der Waals surface area contributed by atoms with Crippen LogP contribution in [0, 0.1) is 5.92 Å². The summed E-state index contributed by atoms with van der Waals surface area (Å²) in [4.78, 5) is 15.5. The number of sulfonamides is 1. The van der Waals surface area contributed by atoms with Crippen LogP contribution in [0.1, 0.15) is 25.3 Å². The number of anilines is 1. The Balaban J connectivity index is 1.31. The minimum absolute atomic E-state index is 0.125. The van der Waals surface area contributed by atoms with Crippen molar-refractivity contribution in [2.75, 3.05) is 18.0 Å². The Hall–Kier alpha value is -2.70. The van der Waals surface area contributed by atoms with Crippen molar-refractivity contribution in [3.63, 3.8) is 0 Å². The van der Waals surface area contributed by atoms with Gasteiger partial charge in [0.05, 0.1) is 4.90 Å². The number of hydrogen-bond donors (Lipinski definition) is 0. The normalized spacial score (nSPS) is 20.2. The van der Waals surface area contributed by atoms with Gasteiger partial charge in [0.25, 0.3) is 0 Å². The molecule has 1 amide bonds. The Morgan fingerprint density at radius 1 is 0.903 bits per heavy atom. The topological polar surface area (TPSA) is 57.7 Å². The number of nitrogens with zero attached hydrogens (tertiary/aromatic N) is 2. The standard InChI is InChI=1S/C25H26N2O3S/c1-18-16-22-8-4-5-9-24(22)27(18)25(28)20-12-14-26(15-13-20)31(29,30)23-11-10-19-6-2-3-7-21(19)17-23/h2-11,17-18,20H,12-16H2,1H3/t18-/m1/s1. The number of benzene rings is 3. The molecule has 6 heteroatoms. The maximum Gasteiger partial charge on any atom is 0.243 e. The number of hydrogen-bond acceptors (Lipinski definition) is 3. The number of rotatable bonds is 3. The van der Waals surface area contributed by atoms with Crippen LogP contribution in [0.3, 0.4) is 0 Å². The molecule has 5 nitrogen and oxygen atoms in total. The first-order valence-electron chi connectivity index (χ1n) is 10.8. The molecule has 0 spiro atoms. The summed E-state index contributed by atoms with van der Waals surface area (Å²) in [7, 11) is -3.57. The third-order valence-corrected chi connectivity index (χ3v) is 8.50. The predicted octanol–water partition coefficient (Wildman–Crippen LogP) is 4.22. The molecule has 0 aromatic heterocycles. The number of amides is 1. The Bertz CT molecular complexity index is 1250. The molecule has 0 saturated carbocycles. The van der Waals surface area contributed by atoms with Crippen molar-refractivity contribution < 1.29 is 13.2 Å². The molecule has 0 aliphatic carbocycles. The van der Waals surface area contributed by atoms with Gasteiger partial charge in [-0.1, -0.05) is 48.5 Å². The van der Waals surface area contributed by atoms with E-state index in [1.165, 1.54) is 9.87 Å². The molecule has 160 valence electrons. The molecular formula is C25H26N2O3S. The van der Waals surface area contributed by atoms with E-state index in [-0.39, 0.29) is 17.9 Å².